The summed E-state index contributed by atoms with van der Waals surface area (Å²) in [7, 11) is 0. The van der Waals surface area contributed by atoms with Crippen LogP contribution in [0.4, 0.5) is 0 Å². The van der Waals surface area contributed by atoms with Gasteiger partial charge >= 0.3 is 0 Å². The van der Waals surface area contributed by atoms with Gasteiger partial charge in [0.05, 0.1) is 24.6 Å². The molecule has 2 fully saturated rings. The Morgan fingerprint density at radius 1 is 1.24 bits per heavy atom. The fraction of sp³-hybridized carbons (Fsp3) is 0.533. The highest BCUT2D eigenvalue weighted by molar-refractivity contribution is 6.07. The minimum Gasteiger partial charge on any atom is -0.467 e. The monoisotopic (exact) mass is 290 g/mol. The third-order valence-corrected chi connectivity index (χ3v) is 4.27. The number of likely N-dealkylation sites (tertiary alicyclic amines) is 1. The molecule has 1 aromatic rings. The summed E-state index contributed by atoms with van der Waals surface area (Å²) in [5.41, 5.74) is 0. The van der Waals surface area contributed by atoms with E-state index in [2.05, 4.69) is 5.32 Å². The zero-order valence-electron chi connectivity index (χ0n) is 11.7. The van der Waals surface area contributed by atoms with Crippen LogP contribution < -0.4 is 5.32 Å². The average molecular weight is 290 g/mol. The molecule has 2 heterocycles. The summed E-state index contributed by atoms with van der Waals surface area (Å²) >= 11 is 0. The first-order valence-electron chi connectivity index (χ1n) is 7.31. The highest BCUT2D eigenvalue weighted by Gasteiger charge is 2.48. The lowest BCUT2D eigenvalue weighted by atomic mass is 9.81. The molecule has 1 aromatic heterocycles. The van der Waals surface area contributed by atoms with Crippen LogP contribution in [0.5, 0.6) is 0 Å². The normalized spacial score (nSPS) is 25.0. The van der Waals surface area contributed by atoms with E-state index in [1.54, 1.807) is 12.1 Å². The molecular formula is C15H18N2O4. The van der Waals surface area contributed by atoms with Crippen molar-refractivity contribution in [1.82, 2.24) is 10.2 Å². The maximum Gasteiger partial charge on any atom is 0.240 e. The molecular weight excluding hydrogens is 272 g/mol. The van der Waals surface area contributed by atoms with Crippen molar-refractivity contribution in [3.63, 3.8) is 0 Å². The molecule has 1 N–H and O–H groups in total. The Balaban J connectivity index is 1.57. The third-order valence-electron chi connectivity index (χ3n) is 4.27. The quantitative estimate of drug-likeness (QED) is 0.841. The molecule has 3 rings (SSSR count). The lowest BCUT2D eigenvalue weighted by Crippen LogP contribution is -2.40. The zero-order chi connectivity index (χ0) is 14.8. The molecule has 0 aromatic carbocycles. The molecule has 0 spiro atoms. The fourth-order valence-electron chi connectivity index (χ4n) is 3.19. The largest absolute Gasteiger partial charge is 0.467 e. The SMILES string of the molecule is O=C(CN1C(=O)[C@H]2CCCC[C@H]2C1=O)NCc1ccco1. The van der Waals surface area contributed by atoms with E-state index in [0.717, 1.165) is 30.6 Å². The second-order valence-corrected chi connectivity index (χ2v) is 5.62. The fourth-order valence-corrected chi connectivity index (χ4v) is 3.19. The van der Waals surface area contributed by atoms with Gasteiger partial charge in [0.25, 0.3) is 0 Å². The summed E-state index contributed by atoms with van der Waals surface area (Å²) in [6, 6.07) is 3.49. The Hall–Kier alpha value is -2.11. The number of carbonyl (C=O) groups is 3. The van der Waals surface area contributed by atoms with E-state index in [1.165, 1.54) is 6.26 Å². The van der Waals surface area contributed by atoms with Gasteiger partial charge in [-0.25, -0.2) is 0 Å². The molecule has 0 radical (unpaired) electrons. The van der Waals surface area contributed by atoms with Crippen LogP contribution in [0.2, 0.25) is 0 Å². The topological polar surface area (TPSA) is 79.6 Å². The second kappa shape index (κ2) is 5.71. The predicted octanol–water partition coefficient (Wildman–Crippen LogP) is 1.07. The molecule has 1 aliphatic heterocycles. The van der Waals surface area contributed by atoms with Gasteiger partial charge in [-0.2, -0.15) is 0 Å². The van der Waals surface area contributed by atoms with Gasteiger partial charge in [-0.05, 0) is 25.0 Å². The first kappa shape index (κ1) is 13.9. The second-order valence-electron chi connectivity index (χ2n) is 5.62. The molecule has 2 atom stereocenters. The summed E-state index contributed by atoms with van der Waals surface area (Å²) < 4.78 is 5.11. The molecule has 112 valence electrons. The van der Waals surface area contributed by atoms with Gasteiger partial charge in [-0.1, -0.05) is 12.8 Å². The van der Waals surface area contributed by atoms with Gasteiger partial charge < -0.3 is 9.73 Å². The summed E-state index contributed by atoms with van der Waals surface area (Å²) in [6.45, 7) is 0.0697. The molecule has 6 nitrogen and oxygen atoms in total. The smallest absolute Gasteiger partial charge is 0.240 e. The van der Waals surface area contributed by atoms with E-state index in [0.29, 0.717) is 5.76 Å². The van der Waals surface area contributed by atoms with Crippen LogP contribution in [-0.4, -0.2) is 29.2 Å². The molecule has 0 unspecified atom stereocenters. The number of carbonyl (C=O) groups excluding carboxylic acids is 3. The van der Waals surface area contributed by atoms with E-state index in [-0.39, 0.29) is 42.6 Å². The van der Waals surface area contributed by atoms with Crippen LogP contribution in [0.25, 0.3) is 0 Å². The maximum absolute atomic E-state index is 12.2. The summed E-state index contributed by atoms with van der Waals surface area (Å²) in [4.78, 5) is 37.5. The average Bonchev–Trinajstić information content (AvgIpc) is 3.09. The molecule has 3 amide bonds. The van der Waals surface area contributed by atoms with E-state index in [4.69, 9.17) is 4.42 Å². The van der Waals surface area contributed by atoms with Gasteiger partial charge in [0.2, 0.25) is 17.7 Å². The van der Waals surface area contributed by atoms with Crippen molar-refractivity contribution >= 4 is 17.7 Å². The van der Waals surface area contributed by atoms with Crippen molar-refractivity contribution in [2.45, 2.75) is 32.2 Å². The number of hydrogen-bond acceptors (Lipinski definition) is 4. The van der Waals surface area contributed by atoms with Crippen molar-refractivity contribution in [3.8, 4) is 0 Å². The molecule has 6 heteroatoms. The van der Waals surface area contributed by atoms with Crippen molar-refractivity contribution in [2.24, 2.45) is 11.8 Å². The zero-order valence-corrected chi connectivity index (χ0v) is 11.7. The van der Waals surface area contributed by atoms with Gasteiger partial charge in [0.15, 0.2) is 0 Å². The number of nitrogens with one attached hydrogen (secondary N) is 1. The third kappa shape index (κ3) is 2.70. The van der Waals surface area contributed by atoms with Crippen molar-refractivity contribution < 1.29 is 18.8 Å². The first-order chi connectivity index (χ1) is 10.2. The summed E-state index contributed by atoms with van der Waals surface area (Å²) in [5, 5.41) is 2.66. The molecule has 1 saturated heterocycles. The Bertz CT molecular complexity index is 528. The Morgan fingerprint density at radius 2 is 1.90 bits per heavy atom. The number of rotatable bonds is 4. The van der Waals surface area contributed by atoms with Gasteiger partial charge in [-0.15, -0.1) is 0 Å². The van der Waals surface area contributed by atoms with Crippen molar-refractivity contribution in [3.05, 3.63) is 24.2 Å². The van der Waals surface area contributed by atoms with E-state index in [9.17, 15) is 14.4 Å². The van der Waals surface area contributed by atoms with E-state index in [1.807, 2.05) is 0 Å². The molecule has 1 saturated carbocycles. The lowest BCUT2D eigenvalue weighted by Gasteiger charge is -2.19. The van der Waals surface area contributed by atoms with E-state index >= 15 is 0 Å². The highest BCUT2D eigenvalue weighted by atomic mass is 16.3. The van der Waals surface area contributed by atoms with Crippen LogP contribution in [0.3, 0.4) is 0 Å². The van der Waals surface area contributed by atoms with Crippen LogP contribution in [0, 0.1) is 11.8 Å². The number of nitrogens with zero attached hydrogens (tertiary/aromatic N) is 1. The highest BCUT2D eigenvalue weighted by Crippen LogP contribution is 2.37. The molecule has 0 bridgehead atoms. The standard InChI is InChI=1S/C15H18N2O4/c18-13(16-8-10-4-3-7-21-10)9-17-14(19)11-5-1-2-6-12(11)15(17)20/h3-4,7,11-12H,1-2,5-6,8-9H2,(H,16,18)/t11-,12+. The first-order valence-corrected chi connectivity index (χ1v) is 7.31. The van der Waals surface area contributed by atoms with Crippen LogP contribution in [0.15, 0.2) is 22.8 Å². The van der Waals surface area contributed by atoms with Crippen LogP contribution in [0.1, 0.15) is 31.4 Å². The Morgan fingerprint density at radius 3 is 2.48 bits per heavy atom. The number of furan rings is 1. The number of imide groups is 1. The molecule has 21 heavy (non-hydrogen) atoms. The van der Waals surface area contributed by atoms with Gasteiger partial charge in [-0.3, -0.25) is 19.3 Å². The molecule has 2 aliphatic rings. The minimum absolute atomic E-state index is 0.183. The van der Waals surface area contributed by atoms with Crippen LogP contribution in [-0.2, 0) is 20.9 Å². The Labute approximate surface area is 122 Å². The summed E-state index contributed by atoms with van der Waals surface area (Å²) in [5.74, 6) is -0.480. The molecule has 1 aliphatic carbocycles. The summed E-state index contributed by atoms with van der Waals surface area (Å²) in [6.07, 6.45) is 5.02. The van der Waals surface area contributed by atoms with Crippen molar-refractivity contribution in [2.75, 3.05) is 6.54 Å². The van der Waals surface area contributed by atoms with Crippen LogP contribution >= 0.6 is 0 Å². The van der Waals surface area contributed by atoms with Crippen molar-refractivity contribution in [1.29, 1.82) is 0 Å². The Kier molecular flexibility index (Phi) is 3.77. The predicted molar refractivity (Wildman–Crippen MR) is 72.7 cm³/mol. The number of fused-ring (bicyclic) bond motifs is 1. The van der Waals surface area contributed by atoms with E-state index < -0.39 is 0 Å². The van der Waals surface area contributed by atoms with Gasteiger partial charge in [0.1, 0.15) is 12.3 Å². The lowest BCUT2D eigenvalue weighted by molar-refractivity contribution is -0.143. The number of hydrogen-bond donors (Lipinski definition) is 1. The minimum atomic E-state index is -0.341. The van der Waals surface area contributed by atoms with Gasteiger partial charge in [0, 0.05) is 0 Å². The number of amides is 3. The maximum atomic E-state index is 12.2.